The van der Waals surface area contributed by atoms with Crippen molar-refractivity contribution in [3.05, 3.63) is 45.6 Å². The van der Waals surface area contributed by atoms with Crippen molar-refractivity contribution in [2.24, 2.45) is 0 Å². The van der Waals surface area contributed by atoms with E-state index in [0.717, 1.165) is 37.3 Å². The number of ether oxygens (including phenoxy) is 2. The van der Waals surface area contributed by atoms with Crippen molar-refractivity contribution in [1.82, 2.24) is 9.80 Å². The molecule has 1 aliphatic carbocycles. The average molecular weight is 387 g/mol. The second-order valence-corrected chi connectivity index (χ2v) is 8.26. The van der Waals surface area contributed by atoms with Crippen LogP contribution in [0.25, 0.3) is 0 Å². The summed E-state index contributed by atoms with van der Waals surface area (Å²) < 4.78 is 11.0. The van der Waals surface area contributed by atoms with Gasteiger partial charge in [-0.3, -0.25) is 9.69 Å². The fourth-order valence-corrected chi connectivity index (χ4v) is 4.78. The van der Waals surface area contributed by atoms with Crippen LogP contribution in [0.1, 0.15) is 34.9 Å². The van der Waals surface area contributed by atoms with Gasteiger partial charge in [0.2, 0.25) is 5.91 Å². The Bertz CT molecular complexity index is 817. The molecule has 1 unspecified atom stereocenters. The zero-order chi connectivity index (χ0) is 19.0. The minimum Gasteiger partial charge on any atom is -0.493 e. The molecule has 5 nitrogen and oxygen atoms in total. The SMILES string of the molecule is COc1cc2c(cc1OC)C(c1cccs1)N(CC(=O)N(C)C1CC1)CC2. The summed E-state index contributed by atoms with van der Waals surface area (Å²) in [5.41, 5.74) is 2.48. The van der Waals surface area contributed by atoms with Gasteiger partial charge in [0.05, 0.1) is 26.8 Å². The van der Waals surface area contributed by atoms with Gasteiger partial charge >= 0.3 is 0 Å². The first-order valence-electron chi connectivity index (χ1n) is 9.40. The van der Waals surface area contributed by atoms with E-state index in [0.29, 0.717) is 12.6 Å². The van der Waals surface area contributed by atoms with Crippen LogP contribution >= 0.6 is 11.3 Å². The zero-order valence-electron chi connectivity index (χ0n) is 16.1. The Morgan fingerprint density at radius 1 is 1.26 bits per heavy atom. The van der Waals surface area contributed by atoms with E-state index in [9.17, 15) is 4.79 Å². The molecule has 0 bridgehead atoms. The van der Waals surface area contributed by atoms with Crippen molar-refractivity contribution in [2.75, 3.05) is 34.4 Å². The molecule has 0 spiro atoms. The molecule has 1 saturated carbocycles. The van der Waals surface area contributed by atoms with E-state index in [1.54, 1.807) is 25.6 Å². The van der Waals surface area contributed by atoms with Crippen LogP contribution in [0.15, 0.2) is 29.6 Å². The summed E-state index contributed by atoms with van der Waals surface area (Å²) in [6.45, 7) is 1.30. The quantitative estimate of drug-likeness (QED) is 0.764. The number of fused-ring (bicyclic) bond motifs is 1. The largest absolute Gasteiger partial charge is 0.493 e. The van der Waals surface area contributed by atoms with Gasteiger partial charge in [-0.15, -0.1) is 11.3 Å². The van der Waals surface area contributed by atoms with E-state index >= 15 is 0 Å². The van der Waals surface area contributed by atoms with Gasteiger partial charge in [0.25, 0.3) is 0 Å². The maximum Gasteiger partial charge on any atom is 0.236 e. The van der Waals surface area contributed by atoms with Gasteiger partial charge in [-0.2, -0.15) is 0 Å². The van der Waals surface area contributed by atoms with E-state index in [2.05, 4.69) is 34.5 Å². The average Bonchev–Trinajstić information content (AvgIpc) is 3.40. The van der Waals surface area contributed by atoms with Crippen LogP contribution in [0.3, 0.4) is 0 Å². The third-order valence-corrected chi connectivity index (χ3v) is 6.54. The molecule has 1 aliphatic heterocycles. The summed E-state index contributed by atoms with van der Waals surface area (Å²) in [6, 6.07) is 8.92. The molecule has 0 radical (unpaired) electrons. The minimum atomic E-state index is 0.0742. The van der Waals surface area contributed by atoms with Crippen LogP contribution in [-0.2, 0) is 11.2 Å². The van der Waals surface area contributed by atoms with E-state index in [4.69, 9.17) is 9.47 Å². The van der Waals surface area contributed by atoms with E-state index < -0.39 is 0 Å². The third-order valence-electron chi connectivity index (χ3n) is 5.61. The number of likely N-dealkylation sites (N-methyl/N-ethyl adjacent to an activating group) is 1. The Labute approximate surface area is 164 Å². The smallest absolute Gasteiger partial charge is 0.236 e. The van der Waals surface area contributed by atoms with Gasteiger partial charge in [0.1, 0.15) is 0 Å². The first kappa shape index (κ1) is 18.3. The van der Waals surface area contributed by atoms with Gasteiger partial charge < -0.3 is 14.4 Å². The highest BCUT2D eigenvalue weighted by atomic mass is 32.1. The highest BCUT2D eigenvalue weighted by Gasteiger charge is 2.35. The van der Waals surface area contributed by atoms with Crippen LogP contribution in [0, 0.1) is 0 Å². The summed E-state index contributed by atoms with van der Waals surface area (Å²) in [7, 11) is 5.27. The lowest BCUT2D eigenvalue weighted by molar-refractivity contribution is -0.132. The van der Waals surface area contributed by atoms with Crippen molar-refractivity contribution in [3.63, 3.8) is 0 Å². The molecule has 1 aromatic heterocycles. The van der Waals surface area contributed by atoms with Crippen molar-refractivity contribution in [1.29, 1.82) is 0 Å². The normalized spacial score (nSPS) is 19.4. The summed E-state index contributed by atoms with van der Waals surface area (Å²) in [4.78, 5) is 18.3. The molecule has 2 aromatic rings. The topological polar surface area (TPSA) is 42.0 Å². The monoisotopic (exact) mass is 386 g/mol. The molecule has 1 aromatic carbocycles. The number of nitrogens with zero attached hydrogens (tertiary/aromatic N) is 2. The zero-order valence-corrected chi connectivity index (χ0v) is 16.9. The number of carbonyl (C=O) groups is 1. The van der Waals surface area contributed by atoms with Crippen molar-refractivity contribution < 1.29 is 14.3 Å². The fraction of sp³-hybridized carbons (Fsp3) is 0.476. The Balaban J connectivity index is 1.68. The molecule has 6 heteroatoms. The number of hydrogen-bond acceptors (Lipinski definition) is 5. The molecule has 4 rings (SSSR count). The number of methoxy groups -OCH3 is 2. The molecule has 144 valence electrons. The highest BCUT2D eigenvalue weighted by molar-refractivity contribution is 7.10. The first-order chi connectivity index (χ1) is 13.1. The predicted molar refractivity (Wildman–Crippen MR) is 107 cm³/mol. The van der Waals surface area contributed by atoms with Crippen LogP contribution in [0.2, 0.25) is 0 Å². The van der Waals surface area contributed by atoms with Gasteiger partial charge in [-0.05, 0) is 54.0 Å². The van der Waals surface area contributed by atoms with E-state index in [-0.39, 0.29) is 11.9 Å². The van der Waals surface area contributed by atoms with Crippen LogP contribution in [0.4, 0.5) is 0 Å². The molecule has 2 heterocycles. The summed E-state index contributed by atoms with van der Waals surface area (Å²) >= 11 is 1.74. The number of thiophene rings is 1. The minimum absolute atomic E-state index is 0.0742. The van der Waals surface area contributed by atoms with Crippen molar-refractivity contribution >= 4 is 17.2 Å². The summed E-state index contributed by atoms with van der Waals surface area (Å²) in [6.07, 6.45) is 3.17. The molecular formula is C21H26N2O3S. The lowest BCUT2D eigenvalue weighted by atomic mass is 9.91. The predicted octanol–water partition coefficient (Wildman–Crippen LogP) is 3.33. The maximum absolute atomic E-state index is 12.8. The van der Waals surface area contributed by atoms with Gasteiger partial charge in [-0.1, -0.05) is 6.07 Å². The second kappa shape index (κ2) is 7.52. The molecule has 0 N–H and O–H groups in total. The number of amides is 1. The lowest BCUT2D eigenvalue weighted by Gasteiger charge is -2.37. The molecule has 0 saturated heterocycles. The van der Waals surface area contributed by atoms with E-state index in [1.807, 2.05) is 11.9 Å². The van der Waals surface area contributed by atoms with Gasteiger partial charge in [0, 0.05) is 24.5 Å². The summed E-state index contributed by atoms with van der Waals surface area (Å²) in [5, 5.41) is 2.10. The van der Waals surface area contributed by atoms with Gasteiger partial charge in [-0.25, -0.2) is 0 Å². The lowest BCUT2D eigenvalue weighted by Crippen LogP contribution is -2.44. The Kier molecular flexibility index (Phi) is 5.10. The molecule has 27 heavy (non-hydrogen) atoms. The molecule has 1 amide bonds. The third kappa shape index (κ3) is 3.56. The van der Waals surface area contributed by atoms with Crippen LogP contribution in [0.5, 0.6) is 11.5 Å². The van der Waals surface area contributed by atoms with E-state index in [1.165, 1.54) is 16.0 Å². The van der Waals surface area contributed by atoms with Crippen molar-refractivity contribution in [3.8, 4) is 11.5 Å². The van der Waals surface area contributed by atoms with Crippen molar-refractivity contribution in [2.45, 2.75) is 31.3 Å². The number of benzene rings is 1. The second-order valence-electron chi connectivity index (χ2n) is 7.28. The Hall–Kier alpha value is -2.05. The number of carbonyl (C=O) groups excluding carboxylic acids is 1. The number of rotatable bonds is 6. The van der Waals surface area contributed by atoms with Gasteiger partial charge in [0.15, 0.2) is 11.5 Å². The molecule has 1 atom stereocenters. The van der Waals surface area contributed by atoms with Crippen LogP contribution < -0.4 is 9.47 Å². The Morgan fingerprint density at radius 2 is 2.00 bits per heavy atom. The molecule has 1 fully saturated rings. The fourth-order valence-electron chi connectivity index (χ4n) is 3.90. The Morgan fingerprint density at radius 3 is 2.63 bits per heavy atom. The first-order valence-corrected chi connectivity index (χ1v) is 10.3. The maximum atomic E-state index is 12.8. The highest BCUT2D eigenvalue weighted by Crippen LogP contribution is 2.42. The molecule has 2 aliphatic rings. The summed E-state index contributed by atoms with van der Waals surface area (Å²) in [5.74, 6) is 1.71. The molecular weight excluding hydrogens is 360 g/mol. The van der Waals surface area contributed by atoms with Crippen LogP contribution in [-0.4, -0.2) is 56.1 Å². The number of hydrogen-bond donors (Lipinski definition) is 0. The standard InChI is InChI=1S/C21H26N2O3S/c1-22(15-6-7-15)20(24)13-23-9-8-14-11-17(25-2)18(26-3)12-16(14)21(23)19-5-4-10-27-19/h4-5,10-12,15,21H,6-9,13H2,1-3H3.